The van der Waals surface area contributed by atoms with Crippen LogP contribution in [0.3, 0.4) is 0 Å². The van der Waals surface area contributed by atoms with Crippen LogP contribution in [-0.4, -0.2) is 40.9 Å². The molecule has 0 saturated carbocycles. The van der Waals surface area contributed by atoms with Crippen LogP contribution in [0.15, 0.2) is 48.7 Å². The van der Waals surface area contributed by atoms with E-state index < -0.39 is 0 Å². The standard InChI is InChI=1S/C23H26N6O/c1-22-6-3-7-23(2,28-22)13-16(12-22)10-17-14-25-21(27-26-17)19-5-4-18(11-20(19)30)29-9-8-24-15-29/h4-5,8-11,14-15,28,30H,3,6-7,12-13H2,1-2H3/t22-,23+. The van der Waals surface area contributed by atoms with Crippen molar-refractivity contribution in [1.29, 1.82) is 0 Å². The van der Waals surface area contributed by atoms with Gasteiger partial charge in [-0.1, -0.05) is 5.57 Å². The molecule has 0 radical (unpaired) electrons. The van der Waals surface area contributed by atoms with E-state index in [1.165, 1.54) is 24.8 Å². The second-order valence-corrected chi connectivity index (χ2v) is 9.13. The van der Waals surface area contributed by atoms with E-state index in [0.29, 0.717) is 11.4 Å². The number of phenolic OH excluding ortho intramolecular Hbond substituents is 1. The van der Waals surface area contributed by atoms with Crippen LogP contribution in [0.25, 0.3) is 23.2 Å². The van der Waals surface area contributed by atoms with E-state index in [4.69, 9.17) is 0 Å². The summed E-state index contributed by atoms with van der Waals surface area (Å²) < 4.78 is 1.83. The second kappa shape index (κ2) is 7.02. The summed E-state index contributed by atoms with van der Waals surface area (Å²) in [6.07, 6.45) is 14.8. The average molecular weight is 403 g/mol. The summed E-state index contributed by atoms with van der Waals surface area (Å²) in [7, 11) is 0. The van der Waals surface area contributed by atoms with Crippen molar-refractivity contribution >= 4 is 6.08 Å². The van der Waals surface area contributed by atoms with E-state index in [1.54, 1.807) is 30.9 Å². The minimum absolute atomic E-state index is 0.112. The Morgan fingerprint density at radius 3 is 2.57 bits per heavy atom. The minimum atomic E-state index is 0.112. The van der Waals surface area contributed by atoms with Crippen molar-refractivity contribution < 1.29 is 5.11 Å². The number of nitrogens with zero attached hydrogens (tertiary/aromatic N) is 5. The number of fused-ring (bicyclic) bond motifs is 2. The molecule has 7 heteroatoms. The fraction of sp³-hybridized carbons (Fsp3) is 0.391. The number of hydrogen-bond donors (Lipinski definition) is 2. The van der Waals surface area contributed by atoms with Crippen molar-refractivity contribution in [3.63, 3.8) is 0 Å². The molecule has 7 nitrogen and oxygen atoms in total. The van der Waals surface area contributed by atoms with E-state index in [0.717, 1.165) is 24.2 Å². The van der Waals surface area contributed by atoms with Crippen LogP contribution in [0.5, 0.6) is 5.75 Å². The first kappa shape index (κ1) is 18.9. The normalized spacial score (nSPS) is 27.3. The lowest BCUT2D eigenvalue weighted by atomic mass is 9.69. The lowest BCUT2D eigenvalue weighted by molar-refractivity contribution is 0.124. The van der Waals surface area contributed by atoms with Gasteiger partial charge in [-0.25, -0.2) is 9.97 Å². The Bertz CT molecular complexity index is 1070. The number of rotatable bonds is 3. The topological polar surface area (TPSA) is 88.8 Å². The Morgan fingerprint density at radius 1 is 1.13 bits per heavy atom. The Kier molecular flexibility index (Phi) is 4.43. The lowest BCUT2D eigenvalue weighted by Crippen LogP contribution is -2.61. The van der Waals surface area contributed by atoms with Gasteiger partial charge in [0.15, 0.2) is 5.82 Å². The van der Waals surface area contributed by atoms with Gasteiger partial charge in [0.25, 0.3) is 0 Å². The Labute approximate surface area is 175 Å². The monoisotopic (exact) mass is 402 g/mol. The van der Waals surface area contributed by atoms with Crippen molar-refractivity contribution in [2.24, 2.45) is 0 Å². The first-order chi connectivity index (χ1) is 14.4. The minimum Gasteiger partial charge on any atom is -0.507 e. The fourth-order valence-electron chi connectivity index (χ4n) is 5.12. The van der Waals surface area contributed by atoms with Gasteiger partial charge in [-0.15, -0.1) is 10.2 Å². The maximum Gasteiger partial charge on any atom is 0.185 e. The van der Waals surface area contributed by atoms with Gasteiger partial charge in [0.2, 0.25) is 0 Å². The van der Waals surface area contributed by atoms with Crippen LogP contribution < -0.4 is 5.32 Å². The van der Waals surface area contributed by atoms with Crippen LogP contribution in [0, 0.1) is 0 Å². The molecule has 2 N–H and O–H groups in total. The highest BCUT2D eigenvalue weighted by Gasteiger charge is 2.43. The van der Waals surface area contributed by atoms with E-state index in [1.807, 2.05) is 16.8 Å². The van der Waals surface area contributed by atoms with Crippen molar-refractivity contribution in [2.45, 2.75) is 57.0 Å². The first-order valence-corrected chi connectivity index (χ1v) is 10.4. The summed E-state index contributed by atoms with van der Waals surface area (Å²) in [5.74, 6) is 0.522. The highest BCUT2D eigenvalue weighted by molar-refractivity contribution is 5.66. The third kappa shape index (κ3) is 3.61. The van der Waals surface area contributed by atoms with E-state index in [2.05, 4.69) is 45.4 Å². The molecule has 2 atom stereocenters. The number of aromatic nitrogens is 5. The van der Waals surface area contributed by atoms with Crippen LogP contribution in [0.1, 0.15) is 51.6 Å². The van der Waals surface area contributed by atoms with Gasteiger partial charge < -0.3 is 15.0 Å². The maximum atomic E-state index is 10.5. The van der Waals surface area contributed by atoms with Crippen LogP contribution >= 0.6 is 0 Å². The van der Waals surface area contributed by atoms with Gasteiger partial charge in [0, 0.05) is 29.5 Å². The number of nitrogens with one attached hydrogen (secondary N) is 1. The molecule has 4 heterocycles. The zero-order chi connectivity index (χ0) is 20.8. The zero-order valence-electron chi connectivity index (χ0n) is 17.3. The third-order valence-corrected chi connectivity index (χ3v) is 6.25. The molecule has 3 aromatic rings. The molecule has 2 bridgehead atoms. The number of hydrogen-bond acceptors (Lipinski definition) is 6. The average Bonchev–Trinajstić information content (AvgIpc) is 3.22. The van der Waals surface area contributed by atoms with Gasteiger partial charge in [-0.05, 0) is 64.2 Å². The molecule has 154 valence electrons. The predicted octanol–water partition coefficient (Wildman–Crippen LogP) is 3.90. The Hall–Kier alpha value is -3.06. The molecule has 0 amide bonds. The van der Waals surface area contributed by atoms with Gasteiger partial charge in [0.05, 0.1) is 23.8 Å². The summed E-state index contributed by atoms with van der Waals surface area (Å²) >= 11 is 0. The molecular weight excluding hydrogens is 376 g/mol. The molecule has 30 heavy (non-hydrogen) atoms. The van der Waals surface area contributed by atoms with Gasteiger partial charge in [0.1, 0.15) is 11.4 Å². The van der Waals surface area contributed by atoms with Crippen molar-refractivity contribution in [2.75, 3.05) is 0 Å². The summed E-state index contributed by atoms with van der Waals surface area (Å²) in [6.45, 7) is 4.64. The third-order valence-electron chi connectivity index (χ3n) is 6.25. The highest BCUT2D eigenvalue weighted by Crippen LogP contribution is 2.42. The van der Waals surface area contributed by atoms with Crippen molar-refractivity contribution in [3.05, 3.63) is 54.4 Å². The van der Waals surface area contributed by atoms with E-state index >= 15 is 0 Å². The maximum absolute atomic E-state index is 10.5. The molecule has 1 aromatic carbocycles. The predicted molar refractivity (Wildman–Crippen MR) is 115 cm³/mol. The number of phenols is 1. The van der Waals surface area contributed by atoms with Gasteiger partial charge >= 0.3 is 0 Å². The molecule has 2 aliphatic rings. The van der Waals surface area contributed by atoms with Crippen molar-refractivity contribution in [3.8, 4) is 22.8 Å². The molecule has 2 fully saturated rings. The van der Waals surface area contributed by atoms with Crippen molar-refractivity contribution in [1.82, 2.24) is 30.0 Å². The number of aromatic hydroxyl groups is 1. The SMILES string of the molecule is C[C@]12CCC[C@](C)(CC(=Cc3cnc(-c4ccc(-n5ccnc5)cc4O)nn3)C1)N2. The number of piperidine rings is 2. The molecule has 2 aliphatic heterocycles. The molecule has 2 saturated heterocycles. The van der Waals surface area contributed by atoms with Crippen LogP contribution in [0.2, 0.25) is 0 Å². The second-order valence-electron chi connectivity index (χ2n) is 9.13. The van der Waals surface area contributed by atoms with E-state index in [9.17, 15) is 5.11 Å². The van der Waals surface area contributed by atoms with Crippen LogP contribution in [0.4, 0.5) is 0 Å². The van der Waals surface area contributed by atoms with E-state index in [-0.39, 0.29) is 16.8 Å². The quantitative estimate of drug-likeness (QED) is 0.691. The van der Waals surface area contributed by atoms with Gasteiger partial charge in [-0.2, -0.15) is 0 Å². The Morgan fingerprint density at radius 2 is 1.93 bits per heavy atom. The van der Waals surface area contributed by atoms with Crippen LogP contribution in [-0.2, 0) is 0 Å². The summed E-state index contributed by atoms with van der Waals surface area (Å²) in [6, 6.07) is 5.37. The summed E-state index contributed by atoms with van der Waals surface area (Å²) in [5, 5.41) is 22.9. The largest absolute Gasteiger partial charge is 0.507 e. The smallest absolute Gasteiger partial charge is 0.185 e. The summed E-state index contributed by atoms with van der Waals surface area (Å²) in [4.78, 5) is 8.49. The number of imidazole rings is 1. The first-order valence-electron chi connectivity index (χ1n) is 10.4. The highest BCUT2D eigenvalue weighted by atomic mass is 16.3. The lowest BCUT2D eigenvalue weighted by Gasteiger charge is -2.51. The molecule has 2 aromatic heterocycles. The molecular formula is C23H26N6O. The molecule has 0 unspecified atom stereocenters. The Balaban J connectivity index is 1.38. The van der Waals surface area contributed by atoms with Gasteiger partial charge in [-0.3, -0.25) is 0 Å². The fourth-order valence-corrected chi connectivity index (χ4v) is 5.12. The zero-order valence-corrected chi connectivity index (χ0v) is 17.3. The molecule has 0 aliphatic carbocycles. The molecule has 0 spiro atoms. The molecule has 5 rings (SSSR count). The summed E-state index contributed by atoms with van der Waals surface area (Å²) in [5.41, 5.74) is 3.87. The number of benzene rings is 1.